The molecule has 13 heavy (non-hydrogen) atoms. The Labute approximate surface area is 81.7 Å². The van der Waals surface area contributed by atoms with Crippen molar-refractivity contribution in [3.05, 3.63) is 29.2 Å². The van der Waals surface area contributed by atoms with Crippen molar-refractivity contribution >= 4 is 0 Å². The summed E-state index contributed by atoms with van der Waals surface area (Å²) in [6.07, 6.45) is 11.5. The molecule has 2 aliphatic rings. The van der Waals surface area contributed by atoms with Crippen molar-refractivity contribution in [3.8, 4) is 0 Å². The molecule has 0 heteroatoms. The summed E-state index contributed by atoms with van der Waals surface area (Å²) in [7, 11) is 0. The Morgan fingerprint density at radius 2 is 2.00 bits per heavy atom. The minimum Gasteiger partial charge on any atom is -0.0853 e. The molecule has 2 rings (SSSR count). The van der Waals surface area contributed by atoms with Gasteiger partial charge in [-0.05, 0) is 51.9 Å². The normalized spacial score (nSPS) is 30.2. The van der Waals surface area contributed by atoms with Crippen LogP contribution in [-0.2, 0) is 0 Å². The van der Waals surface area contributed by atoms with Crippen LogP contribution in [0.1, 0.15) is 46.0 Å². The van der Waals surface area contributed by atoms with Crippen LogP contribution in [0.4, 0.5) is 0 Å². The fraction of sp³-hybridized carbons (Fsp3) is 0.615. The lowest BCUT2D eigenvalue weighted by molar-refractivity contribution is 0.558. The molecule has 1 unspecified atom stereocenters. The molecule has 0 aromatic rings. The van der Waals surface area contributed by atoms with Gasteiger partial charge in [0.15, 0.2) is 0 Å². The maximum atomic E-state index is 2.42. The topological polar surface area (TPSA) is 0 Å². The molecule has 0 saturated carbocycles. The summed E-state index contributed by atoms with van der Waals surface area (Å²) in [5, 5.41) is 0. The fourth-order valence-electron chi connectivity index (χ4n) is 2.69. The molecule has 0 amide bonds. The molecule has 0 bridgehead atoms. The second kappa shape index (κ2) is 3.69. The second-order valence-corrected chi connectivity index (χ2v) is 4.38. The lowest BCUT2D eigenvalue weighted by Crippen LogP contribution is -2.15. The van der Waals surface area contributed by atoms with Crippen LogP contribution in [0, 0.1) is 11.8 Å². The smallest absolute Gasteiger partial charge is 0.00737 e. The first-order chi connectivity index (χ1) is 6.29. The van der Waals surface area contributed by atoms with Gasteiger partial charge in [-0.25, -0.2) is 0 Å². The second-order valence-electron chi connectivity index (χ2n) is 4.38. The quantitative estimate of drug-likeness (QED) is 0.527. The van der Waals surface area contributed by atoms with Gasteiger partial charge in [-0.2, -0.15) is 0 Å². The van der Waals surface area contributed by atoms with E-state index in [0.29, 0.717) is 0 Å². The minimum absolute atomic E-state index is 0.802. The van der Waals surface area contributed by atoms with Crippen LogP contribution in [0.5, 0.6) is 0 Å². The Morgan fingerprint density at radius 1 is 1.15 bits per heavy atom. The molecule has 0 saturated heterocycles. The third-order valence-corrected chi connectivity index (χ3v) is 3.50. The first kappa shape index (κ1) is 9.05. The van der Waals surface area contributed by atoms with Gasteiger partial charge in [0, 0.05) is 5.92 Å². The van der Waals surface area contributed by atoms with E-state index in [4.69, 9.17) is 0 Å². The standard InChI is InChI=1S/C13H19/c1-10-6-3-4-8-12(10)13-9-5-7-11(13)2/h6-7,13H,3-5,8-9H2,1-2H3. The van der Waals surface area contributed by atoms with Gasteiger partial charge in [-0.3, -0.25) is 0 Å². The molecule has 0 aromatic heterocycles. The van der Waals surface area contributed by atoms with Gasteiger partial charge >= 0.3 is 0 Å². The zero-order chi connectivity index (χ0) is 9.26. The molecule has 0 nitrogen and oxygen atoms in total. The van der Waals surface area contributed by atoms with Crippen LogP contribution < -0.4 is 0 Å². The number of rotatable bonds is 1. The van der Waals surface area contributed by atoms with Crippen LogP contribution in [0.15, 0.2) is 23.3 Å². The van der Waals surface area contributed by atoms with Crippen LogP contribution >= 0.6 is 0 Å². The van der Waals surface area contributed by atoms with Gasteiger partial charge in [0.05, 0.1) is 0 Å². The molecule has 2 aliphatic carbocycles. The van der Waals surface area contributed by atoms with Crippen molar-refractivity contribution in [2.45, 2.75) is 46.0 Å². The summed E-state index contributed by atoms with van der Waals surface area (Å²) in [5.41, 5.74) is 3.19. The van der Waals surface area contributed by atoms with Gasteiger partial charge in [-0.15, -0.1) is 0 Å². The zero-order valence-corrected chi connectivity index (χ0v) is 8.77. The molecule has 0 heterocycles. The fourth-order valence-corrected chi connectivity index (χ4v) is 2.69. The van der Waals surface area contributed by atoms with Crippen molar-refractivity contribution in [1.82, 2.24) is 0 Å². The molecular formula is C13H19. The van der Waals surface area contributed by atoms with E-state index in [1.807, 2.05) is 0 Å². The molecule has 71 valence electrons. The van der Waals surface area contributed by atoms with E-state index in [1.54, 1.807) is 17.1 Å². The SMILES string of the molecule is CC1=CCCC[C]1C1CCC=C1C. The van der Waals surface area contributed by atoms with Crippen LogP contribution in [0.3, 0.4) is 0 Å². The van der Waals surface area contributed by atoms with E-state index in [1.165, 1.54) is 32.1 Å². The number of hydrogen-bond acceptors (Lipinski definition) is 0. The third kappa shape index (κ3) is 1.72. The molecule has 1 atom stereocenters. The summed E-state index contributed by atoms with van der Waals surface area (Å²) < 4.78 is 0. The van der Waals surface area contributed by atoms with E-state index in [0.717, 1.165) is 5.92 Å². The van der Waals surface area contributed by atoms with E-state index < -0.39 is 0 Å². The summed E-state index contributed by atoms with van der Waals surface area (Å²) >= 11 is 0. The van der Waals surface area contributed by atoms with E-state index in [2.05, 4.69) is 26.0 Å². The lowest BCUT2D eigenvalue weighted by atomic mass is 9.77. The zero-order valence-electron chi connectivity index (χ0n) is 8.77. The maximum Gasteiger partial charge on any atom is 0.00737 e. The number of hydrogen-bond donors (Lipinski definition) is 0. The molecule has 0 aromatic carbocycles. The van der Waals surface area contributed by atoms with Gasteiger partial charge in [0.2, 0.25) is 0 Å². The van der Waals surface area contributed by atoms with Crippen molar-refractivity contribution in [2.75, 3.05) is 0 Å². The average Bonchev–Trinajstić information content (AvgIpc) is 2.52. The molecule has 0 spiro atoms. The highest BCUT2D eigenvalue weighted by Crippen LogP contribution is 2.41. The highest BCUT2D eigenvalue weighted by atomic mass is 14.3. The monoisotopic (exact) mass is 175 g/mol. The molecule has 1 radical (unpaired) electrons. The minimum atomic E-state index is 0.802. The summed E-state index contributed by atoms with van der Waals surface area (Å²) in [4.78, 5) is 0. The van der Waals surface area contributed by atoms with E-state index >= 15 is 0 Å². The van der Waals surface area contributed by atoms with Crippen LogP contribution in [0.25, 0.3) is 0 Å². The lowest BCUT2D eigenvalue weighted by Gasteiger charge is -2.28. The summed E-state index contributed by atoms with van der Waals surface area (Å²) in [6, 6.07) is 0. The van der Waals surface area contributed by atoms with Gasteiger partial charge < -0.3 is 0 Å². The van der Waals surface area contributed by atoms with Crippen molar-refractivity contribution in [2.24, 2.45) is 5.92 Å². The van der Waals surface area contributed by atoms with E-state index in [-0.39, 0.29) is 0 Å². The molecule has 0 aliphatic heterocycles. The maximum absolute atomic E-state index is 2.42. The van der Waals surface area contributed by atoms with Crippen LogP contribution in [-0.4, -0.2) is 0 Å². The Hall–Kier alpha value is -0.520. The first-order valence-corrected chi connectivity index (χ1v) is 5.48. The van der Waals surface area contributed by atoms with Gasteiger partial charge in [-0.1, -0.05) is 23.3 Å². The number of allylic oxidation sites excluding steroid dienone is 4. The van der Waals surface area contributed by atoms with E-state index in [9.17, 15) is 0 Å². The Kier molecular flexibility index (Phi) is 2.57. The highest BCUT2D eigenvalue weighted by molar-refractivity contribution is 5.33. The van der Waals surface area contributed by atoms with Crippen molar-refractivity contribution < 1.29 is 0 Å². The Balaban J connectivity index is 2.11. The molecule has 0 fully saturated rings. The molecular weight excluding hydrogens is 156 g/mol. The third-order valence-electron chi connectivity index (χ3n) is 3.50. The predicted molar refractivity (Wildman–Crippen MR) is 57.3 cm³/mol. The summed E-state index contributed by atoms with van der Waals surface area (Å²) in [6.45, 7) is 4.59. The Bertz CT molecular complexity index is 245. The van der Waals surface area contributed by atoms with Crippen molar-refractivity contribution in [3.63, 3.8) is 0 Å². The Morgan fingerprint density at radius 3 is 2.62 bits per heavy atom. The predicted octanol–water partition coefficient (Wildman–Crippen LogP) is 4.05. The largest absolute Gasteiger partial charge is 0.0853 e. The van der Waals surface area contributed by atoms with Gasteiger partial charge in [0.25, 0.3) is 0 Å². The molecule has 0 N–H and O–H groups in total. The van der Waals surface area contributed by atoms with Crippen molar-refractivity contribution in [1.29, 1.82) is 0 Å². The summed E-state index contributed by atoms with van der Waals surface area (Å²) in [5.74, 6) is 2.54. The van der Waals surface area contributed by atoms with Gasteiger partial charge in [0.1, 0.15) is 0 Å². The average molecular weight is 175 g/mol. The first-order valence-electron chi connectivity index (χ1n) is 5.48. The van der Waals surface area contributed by atoms with Crippen LogP contribution in [0.2, 0.25) is 0 Å². The highest BCUT2D eigenvalue weighted by Gasteiger charge is 2.28.